The van der Waals surface area contributed by atoms with Crippen LogP contribution in [0, 0.1) is 12.8 Å². The lowest BCUT2D eigenvalue weighted by atomic mass is 10.0. The van der Waals surface area contributed by atoms with Gasteiger partial charge in [0.05, 0.1) is 0 Å². The van der Waals surface area contributed by atoms with Crippen molar-refractivity contribution in [3.8, 4) is 0 Å². The molecule has 0 aliphatic heterocycles. The standard InChI is InChI=1S/C17H21N3O3/c1-13-5-4-8-20(17(13)23)11-16(22)19-10-14(12-21)9-15-6-2-3-7-18-15/h2-8,14,21H,9-12H2,1H3,(H,19,22). The van der Waals surface area contributed by atoms with Crippen molar-refractivity contribution in [2.24, 2.45) is 5.92 Å². The first-order chi connectivity index (χ1) is 11.1. The molecule has 0 aromatic carbocycles. The van der Waals surface area contributed by atoms with E-state index < -0.39 is 0 Å². The topological polar surface area (TPSA) is 84.2 Å². The van der Waals surface area contributed by atoms with Crippen LogP contribution in [0.3, 0.4) is 0 Å². The molecule has 0 saturated heterocycles. The summed E-state index contributed by atoms with van der Waals surface area (Å²) >= 11 is 0. The van der Waals surface area contributed by atoms with Crippen molar-refractivity contribution < 1.29 is 9.90 Å². The van der Waals surface area contributed by atoms with Crippen LogP contribution < -0.4 is 10.9 Å². The average Bonchev–Trinajstić information content (AvgIpc) is 2.56. The smallest absolute Gasteiger partial charge is 0.253 e. The van der Waals surface area contributed by atoms with Crippen molar-refractivity contribution in [3.63, 3.8) is 0 Å². The number of nitrogens with zero attached hydrogens (tertiary/aromatic N) is 2. The predicted octanol–water partition coefficient (Wildman–Crippen LogP) is 0.519. The first-order valence-electron chi connectivity index (χ1n) is 7.53. The van der Waals surface area contributed by atoms with Crippen LogP contribution in [0.5, 0.6) is 0 Å². The Hall–Kier alpha value is -2.47. The molecule has 0 aliphatic rings. The van der Waals surface area contributed by atoms with E-state index in [0.717, 1.165) is 5.69 Å². The van der Waals surface area contributed by atoms with E-state index in [4.69, 9.17) is 0 Å². The third-order valence-corrected chi connectivity index (χ3v) is 3.59. The van der Waals surface area contributed by atoms with Crippen LogP contribution in [0.15, 0.2) is 47.5 Å². The summed E-state index contributed by atoms with van der Waals surface area (Å²) in [5.74, 6) is -0.361. The van der Waals surface area contributed by atoms with Crippen LogP contribution in [0.4, 0.5) is 0 Å². The fourth-order valence-corrected chi connectivity index (χ4v) is 2.27. The van der Waals surface area contributed by atoms with Crippen molar-refractivity contribution in [2.45, 2.75) is 19.9 Å². The fourth-order valence-electron chi connectivity index (χ4n) is 2.27. The molecule has 23 heavy (non-hydrogen) atoms. The van der Waals surface area contributed by atoms with E-state index in [1.54, 1.807) is 31.5 Å². The minimum Gasteiger partial charge on any atom is -0.396 e. The number of amides is 1. The summed E-state index contributed by atoms with van der Waals surface area (Å²) < 4.78 is 1.37. The van der Waals surface area contributed by atoms with E-state index in [-0.39, 0.29) is 30.5 Å². The highest BCUT2D eigenvalue weighted by Gasteiger charge is 2.12. The van der Waals surface area contributed by atoms with E-state index in [9.17, 15) is 14.7 Å². The van der Waals surface area contributed by atoms with Crippen LogP contribution in [-0.4, -0.2) is 33.7 Å². The number of carbonyl (C=O) groups excluding carboxylic acids is 1. The second kappa shape index (κ2) is 8.24. The first-order valence-corrected chi connectivity index (χ1v) is 7.53. The van der Waals surface area contributed by atoms with Gasteiger partial charge in [-0.1, -0.05) is 12.1 Å². The molecule has 1 atom stereocenters. The van der Waals surface area contributed by atoms with E-state index in [1.165, 1.54) is 4.57 Å². The molecule has 6 nitrogen and oxygen atoms in total. The van der Waals surface area contributed by atoms with Gasteiger partial charge in [-0.25, -0.2) is 0 Å². The largest absolute Gasteiger partial charge is 0.396 e. The number of pyridine rings is 2. The minimum absolute atomic E-state index is 0.0255. The summed E-state index contributed by atoms with van der Waals surface area (Å²) in [6, 6.07) is 9.06. The number of aryl methyl sites for hydroxylation is 1. The highest BCUT2D eigenvalue weighted by molar-refractivity contribution is 5.75. The summed E-state index contributed by atoms with van der Waals surface area (Å²) in [5, 5.41) is 12.2. The quantitative estimate of drug-likeness (QED) is 0.780. The maximum Gasteiger partial charge on any atom is 0.253 e. The Morgan fingerprint density at radius 3 is 2.87 bits per heavy atom. The summed E-state index contributed by atoms with van der Waals surface area (Å²) in [6.45, 7) is 1.99. The van der Waals surface area contributed by atoms with Crippen LogP contribution in [0.1, 0.15) is 11.3 Å². The molecule has 1 amide bonds. The summed E-state index contributed by atoms with van der Waals surface area (Å²) in [6.07, 6.45) is 3.88. The molecule has 0 aliphatic carbocycles. The number of rotatable bonds is 7. The SMILES string of the molecule is Cc1cccn(CC(=O)NCC(CO)Cc2ccccn2)c1=O. The highest BCUT2D eigenvalue weighted by Crippen LogP contribution is 2.04. The molecular weight excluding hydrogens is 294 g/mol. The summed E-state index contributed by atoms with van der Waals surface area (Å²) in [5.41, 5.74) is 1.30. The number of aliphatic hydroxyl groups is 1. The molecule has 2 N–H and O–H groups in total. The van der Waals surface area contributed by atoms with Crippen molar-refractivity contribution in [1.29, 1.82) is 0 Å². The number of nitrogens with one attached hydrogen (secondary N) is 1. The van der Waals surface area contributed by atoms with Crippen LogP contribution in [0.2, 0.25) is 0 Å². The monoisotopic (exact) mass is 315 g/mol. The molecule has 0 saturated carbocycles. The van der Waals surface area contributed by atoms with Gasteiger partial charge in [0.2, 0.25) is 5.91 Å². The minimum atomic E-state index is -0.253. The lowest BCUT2D eigenvalue weighted by Gasteiger charge is -2.15. The van der Waals surface area contributed by atoms with Gasteiger partial charge in [0.25, 0.3) is 5.56 Å². The second-order valence-corrected chi connectivity index (χ2v) is 5.50. The highest BCUT2D eigenvalue weighted by atomic mass is 16.3. The van der Waals surface area contributed by atoms with E-state index in [0.29, 0.717) is 18.5 Å². The van der Waals surface area contributed by atoms with Gasteiger partial charge >= 0.3 is 0 Å². The predicted molar refractivity (Wildman–Crippen MR) is 87.0 cm³/mol. The maximum absolute atomic E-state index is 12.0. The van der Waals surface area contributed by atoms with Gasteiger partial charge in [-0.2, -0.15) is 0 Å². The number of hydrogen-bond acceptors (Lipinski definition) is 4. The summed E-state index contributed by atoms with van der Waals surface area (Å²) in [7, 11) is 0. The first kappa shape index (κ1) is 16.9. The Kier molecular flexibility index (Phi) is 6.05. The van der Waals surface area contributed by atoms with Crippen molar-refractivity contribution in [1.82, 2.24) is 14.9 Å². The molecule has 0 radical (unpaired) electrons. The number of aromatic nitrogens is 2. The average molecular weight is 315 g/mol. The van der Waals surface area contributed by atoms with E-state index in [2.05, 4.69) is 10.3 Å². The lowest BCUT2D eigenvalue weighted by Crippen LogP contribution is -2.36. The molecule has 2 aromatic rings. The zero-order valence-electron chi connectivity index (χ0n) is 13.1. The number of carbonyl (C=O) groups is 1. The lowest BCUT2D eigenvalue weighted by molar-refractivity contribution is -0.121. The summed E-state index contributed by atoms with van der Waals surface area (Å²) in [4.78, 5) is 28.1. The maximum atomic E-state index is 12.0. The van der Waals surface area contributed by atoms with Crippen LogP contribution >= 0.6 is 0 Å². The van der Waals surface area contributed by atoms with E-state index in [1.807, 2.05) is 18.2 Å². The zero-order valence-corrected chi connectivity index (χ0v) is 13.1. The molecule has 2 aromatic heterocycles. The van der Waals surface area contributed by atoms with Crippen LogP contribution in [-0.2, 0) is 17.8 Å². The molecule has 2 heterocycles. The Balaban J connectivity index is 1.87. The van der Waals surface area contributed by atoms with Crippen LogP contribution in [0.25, 0.3) is 0 Å². The van der Waals surface area contributed by atoms with Gasteiger partial charge in [-0.15, -0.1) is 0 Å². The molecule has 0 fully saturated rings. The third-order valence-electron chi connectivity index (χ3n) is 3.59. The van der Waals surface area contributed by atoms with Gasteiger partial charge in [-0.05, 0) is 31.5 Å². The van der Waals surface area contributed by atoms with Crippen molar-refractivity contribution in [2.75, 3.05) is 13.2 Å². The van der Waals surface area contributed by atoms with Crippen molar-refractivity contribution in [3.05, 3.63) is 64.3 Å². The van der Waals surface area contributed by atoms with Gasteiger partial charge in [-0.3, -0.25) is 14.6 Å². The number of hydrogen-bond donors (Lipinski definition) is 2. The normalized spacial score (nSPS) is 11.9. The molecular formula is C17H21N3O3. The fraction of sp³-hybridized carbons (Fsp3) is 0.353. The van der Waals surface area contributed by atoms with E-state index >= 15 is 0 Å². The molecule has 2 rings (SSSR count). The Morgan fingerprint density at radius 2 is 2.17 bits per heavy atom. The van der Waals surface area contributed by atoms with Gasteiger partial charge < -0.3 is 15.0 Å². The number of aliphatic hydroxyl groups excluding tert-OH is 1. The Labute approximate surface area is 134 Å². The van der Waals surface area contributed by atoms with Gasteiger partial charge in [0.15, 0.2) is 0 Å². The van der Waals surface area contributed by atoms with Gasteiger partial charge in [0, 0.05) is 42.7 Å². The molecule has 122 valence electrons. The molecule has 1 unspecified atom stereocenters. The Bertz CT molecular complexity index is 698. The van der Waals surface area contributed by atoms with Crippen molar-refractivity contribution >= 4 is 5.91 Å². The molecule has 0 spiro atoms. The zero-order chi connectivity index (χ0) is 16.7. The molecule has 6 heteroatoms. The second-order valence-electron chi connectivity index (χ2n) is 5.50. The molecule has 0 bridgehead atoms. The van der Waals surface area contributed by atoms with Gasteiger partial charge in [0.1, 0.15) is 6.54 Å². The Morgan fingerprint density at radius 1 is 1.35 bits per heavy atom. The third kappa shape index (κ3) is 5.03.